The van der Waals surface area contributed by atoms with Crippen LogP contribution >= 0.6 is 0 Å². The van der Waals surface area contributed by atoms with Crippen LogP contribution in [0.1, 0.15) is 19.8 Å². The lowest BCUT2D eigenvalue weighted by atomic mass is 10.2. The summed E-state index contributed by atoms with van der Waals surface area (Å²) in [6.45, 7) is 4.46. The van der Waals surface area contributed by atoms with Crippen molar-refractivity contribution >= 4 is 0 Å². The molecule has 98 valence electrons. The molecule has 1 unspecified atom stereocenters. The van der Waals surface area contributed by atoms with Gasteiger partial charge < -0.3 is 15.4 Å². The topological polar surface area (TPSA) is 33.3 Å². The van der Waals surface area contributed by atoms with Crippen LogP contribution in [0.3, 0.4) is 0 Å². The van der Waals surface area contributed by atoms with Gasteiger partial charge >= 0.3 is 6.18 Å². The fourth-order valence-corrected chi connectivity index (χ4v) is 1.20. The highest BCUT2D eigenvalue weighted by atomic mass is 19.4. The van der Waals surface area contributed by atoms with Crippen LogP contribution in [0.4, 0.5) is 13.2 Å². The average molecular weight is 242 g/mol. The number of nitrogens with one attached hydrogen (secondary N) is 2. The van der Waals surface area contributed by atoms with Gasteiger partial charge in [-0.3, -0.25) is 0 Å². The Morgan fingerprint density at radius 1 is 1.25 bits per heavy atom. The van der Waals surface area contributed by atoms with E-state index < -0.39 is 12.6 Å². The van der Waals surface area contributed by atoms with Gasteiger partial charge in [0.05, 0.1) is 6.61 Å². The molecule has 0 amide bonds. The zero-order chi connectivity index (χ0) is 12.4. The first-order chi connectivity index (χ1) is 7.45. The molecule has 0 spiro atoms. The molecule has 0 aliphatic rings. The standard InChI is InChI=1S/C10H21F3N2O/c1-9(8-14-6-7-16-2)15-5-3-4-10(11,12)13/h9,14-15H,3-8H2,1-2H3. The first kappa shape index (κ1) is 15.7. The predicted octanol–water partition coefficient (Wildman–Crippen LogP) is 1.54. The normalized spacial score (nSPS) is 14.1. The molecule has 0 rings (SSSR count). The van der Waals surface area contributed by atoms with Crippen molar-refractivity contribution in [3.8, 4) is 0 Å². The number of rotatable bonds is 9. The van der Waals surface area contributed by atoms with E-state index in [1.54, 1.807) is 7.11 Å². The summed E-state index contributed by atoms with van der Waals surface area (Å²) in [6.07, 6.45) is -4.63. The quantitative estimate of drug-likeness (QED) is 0.602. The highest BCUT2D eigenvalue weighted by molar-refractivity contribution is 4.64. The molecular weight excluding hydrogens is 221 g/mol. The fraction of sp³-hybridized carbons (Fsp3) is 1.00. The molecule has 0 aromatic rings. The number of ether oxygens (including phenoxy) is 1. The minimum absolute atomic E-state index is 0.131. The monoisotopic (exact) mass is 242 g/mol. The lowest BCUT2D eigenvalue weighted by molar-refractivity contribution is -0.135. The number of alkyl halides is 3. The average Bonchev–Trinajstić information content (AvgIpc) is 2.18. The maximum absolute atomic E-state index is 11.8. The van der Waals surface area contributed by atoms with E-state index in [1.807, 2.05) is 6.92 Å². The summed E-state index contributed by atoms with van der Waals surface area (Å²) in [5.41, 5.74) is 0. The minimum Gasteiger partial charge on any atom is -0.383 e. The third kappa shape index (κ3) is 11.7. The maximum Gasteiger partial charge on any atom is 0.389 e. The van der Waals surface area contributed by atoms with Gasteiger partial charge in [0.15, 0.2) is 0 Å². The van der Waals surface area contributed by atoms with Crippen molar-refractivity contribution in [3.05, 3.63) is 0 Å². The molecule has 0 bridgehead atoms. The second-order valence-corrected chi connectivity index (χ2v) is 3.77. The van der Waals surface area contributed by atoms with Crippen LogP contribution in [-0.2, 0) is 4.74 Å². The summed E-state index contributed by atoms with van der Waals surface area (Å²) >= 11 is 0. The third-order valence-corrected chi connectivity index (χ3v) is 2.06. The van der Waals surface area contributed by atoms with Crippen molar-refractivity contribution < 1.29 is 17.9 Å². The number of methoxy groups -OCH3 is 1. The highest BCUT2D eigenvalue weighted by Crippen LogP contribution is 2.20. The summed E-state index contributed by atoms with van der Waals surface area (Å²) in [4.78, 5) is 0. The van der Waals surface area contributed by atoms with Gasteiger partial charge in [0.1, 0.15) is 0 Å². The van der Waals surface area contributed by atoms with E-state index in [2.05, 4.69) is 10.6 Å². The maximum atomic E-state index is 11.8. The molecule has 0 radical (unpaired) electrons. The second-order valence-electron chi connectivity index (χ2n) is 3.77. The van der Waals surface area contributed by atoms with E-state index in [0.717, 1.165) is 13.1 Å². The summed E-state index contributed by atoms with van der Waals surface area (Å²) in [5.74, 6) is 0. The zero-order valence-electron chi connectivity index (χ0n) is 9.86. The Hall–Kier alpha value is -0.330. The Morgan fingerprint density at radius 2 is 1.94 bits per heavy atom. The highest BCUT2D eigenvalue weighted by Gasteiger charge is 2.25. The molecular formula is C10H21F3N2O. The van der Waals surface area contributed by atoms with E-state index in [1.165, 1.54) is 0 Å². The Morgan fingerprint density at radius 3 is 2.50 bits per heavy atom. The minimum atomic E-state index is -4.04. The van der Waals surface area contributed by atoms with Crippen LogP contribution in [-0.4, -0.2) is 45.6 Å². The van der Waals surface area contributed by atoms with Crippen LogP contribution in [0.5, 0.6) is 0 Å². The van der Waals surface area contributed by atoms with Gasteiger partial charge in [-0.25, -0.2) is 0 Å². The van der Waals surface area contributed by atoms with Gasteiger partial charge in [0, 0.05) is 32.7 Å². The Labute approximate surface area is 94.7 Å². The van der Waals surface area contributed by atoms with Gasteiger partial charge in [0.2, 0.25) is 0 Å². The van der Waals surface area contributed by atoms with E-state index in [9.17, 15) is 13.2 Å². The first-order valence-electron chi connectivity index (χ1n) is 5.45. The number of hydrogen-bond donors (Lipinski definition) is 2. The van der Waals surface area contributed by atoms with Crippen LogP contribution < -0.4 is 10.6 Å². The first-order valence-corrected chi connectivity index (χ1v) is 5.45. The van der Waals surface area contributed by atoms with Gasteiger partial charge in [-0.1, -0.05) is 0 Å². The van der Waals surface area contributed by atoms with Gasteiger partial charge in [0.25, 0.3) is 0 Å². The summed E-state index contributed by atoms with van der Waals surface area (Å²) < 4.78 is 40.3. The molecule has 0 saturated heterocycles. The predicted molar refractivity (Wildman–Crippen MR) is 57.5 cm³/mol. The van der Waals surface area contributed by atoms with Gasteiger partial charge in [-0.2, -0.15) is 13.2 Å². The Bertz CT molecular complexity index is 165. The van der Waals surface area contributed by atoms with Gasteiger partial charge in [-0.05, 0) is 19.9 Å². The van der Waals surface area contributed by atoms with E-state index in [-0.39, 0.29) is 12.5 Å². The molecule has 0 saturated carbocycles. The molecule has 0 aliphatic heterocycles. The second kappa shape index (κ2) is 8.78. The third-order valence-electron chi connectivity index (χ3n) is 2.06. The van der Waals surface area contributed by atoms with Gasteiger partial charge in [-0.15, -0.1) is 0 Å². The fourth-order valence-electron chi connectivity index (χ4n) is 1.20. The SMILES string of the molecule is COCCNCC(C)NCCCC(F)(F)F. The van der Waals surface area contributed by atoms with Crippen molar-refractivity contribution in [1.29, 1.82) is 0 Å². The summed E-state index contributed by atoms with van der Waals surface area (Å²) in [7, 11) is 1.63. The van der Waals surface area contributed by atoms with Crippen molar-refractivity contribution in [2.75, 3.05) is 33.4 Å². The smallest absolute Gasteiger partial charge is 0.383 e. The molecule has 16 heavy (non-hydrogen) atoms. The van der Waals surface area contributed by atoms with Crippen molar-refractivity contribution in [1.82, 2.24) is 10.6 Å². The number of hydrogen-bond acceptors (Lipinski definition) is 3. The molecule has 0 aromatic carbocycles. The molecule has 0 aliphatic carbocycles. The Balaban J connectivity index is 3.27. The summed E-state index contributed by atoms with van der Waals surface area (Å²) in [6, 6.07) is 0.171. The summed E-state index contributed by atoms with van der Waals surface area (Å²) in [5, 5.41) is 6.16. The molecule has 1 atom stereocenters. The van der Waals surface area contributed by atoms with E-state index in [0.29, 0.717) is 13.2 Å². The van der Waals surface area contributed by atoms with Crippen molar-refractivity contribution in [2.45, 2.75) is 32.0 Å². The largest absolute Gasteiger partial charge is 0.389 e. The molecule has 0 aromatic heterocycles. The molecule has 0 fully saturated rings. The van der Waals surface area contributed by atoms with Crippen LogP contribution in [0, 0.1) is 0 Å². The zero-order valence-corrected chi connectivity index (χ0v) is 9.86. The van der Waals surface area contributed by atoms with E-state index in [4.69, 9.17) is 4.74 Å². The lowest BCUT2D eigenvalue weighted by Crippen LogP contribution is -2.38. The van der Waals surface area contributed by atoms with Crippen LogP contribution in [0.25, 0.3) is 0 Å². The lowest BCUT2D eigenvalue weighted by Gasteiger charge is -2.14. The molecule has 0 heterocycles. The molecule has 2 N–H and O–H groups in total. The van der Waals surface area contributed by atoms with E-state index >= 15 is 0 Å². The molecule has 3 nitrogen and oxygen atoms in total. The Kier molecular flexibility index (Phi) is 8.60. The van der Waals surface area contributed by atoms with Crippen molar-refractivity contribution in [3.63, 3.8) is 0 Å². The molecule has 6 heteroatoms. The van der Waals surface area contributed by atoms with Crippen LogP contribution in [0.15, 0.2) is 0 Å². The van der Waals surface area contributed by atoms with Crippen molar-refractivity contribution in [2.24, 2.45) is 0 Å². The van der Waals surface area contributed by atoms with Crippen LogP contribution in [0.2, 0.25) is 0 Å². The number of halogens is 3.